The number of fused-ring (bicyclic) bond motifs is 1. The highest BCUT2D eigenvalue weighted by atomic mass is 16.5. The molecule has 2 aliphatic rings. The third-order valence-corrected chi connectivity index (χ3v) is 5.10. The number of carboxylic acids is 1. The minimum atomic E-state index is -1.00. The van der Waals surface area contributed by atoms with E-state index in [0.29, 0.717) is 26.2 Å². The molecule has 0 spiro atoms. The van der Waals surface area contributed by atoms with Gasteiger partial charge in [0.15, 0.2) is 0 Å². The number of ether oxygens (including phenoxy) is 1. The van der Waals surface area contributed by atoms with Gasteiger partial charge in [0.05, 0.1) is 5.92 Å². The molecule has 0 bridgehead atoms. The topological polar surface area (TPSA) is 82.1 Å². The van der Waals surface area contributed by atoms with E-state index in [9.17, 15) is 14.7 Å². The molecule has 1 aromatic rings. The molecule has 7 nitrogen and oxygen atoms in total. The molecule has 2 fully saturated rings. The minimum Gasteiger partial charge on any atom is -0.492 e. The summed E-state index contributed by atoms with van der Waals surface area (Å²) in [5.74, 6) is -0.712. The lowest BCUT2D eigenvalue weighted by Gasteiger charge is -2.22. The predicted octanol–water partition coefficient (Wildman–Crippen LogP) is 0.260. The van der Waals surface area contributed by atoms with Gasteiger partial charge in [0.1, 0.15) is 17.8 Å². The van der Waals surface area contributed by atoms with Crippen LogP contribution in [0.3, 0.4) is 0 Å². The highest BCUT2D eigenvalue weighted by Crippen LogP contribution is 2.40. The van der Waals surface area contributed by atoms with Gasteiger partial charge in [-0.25, -0.2) is 0 Å². The molecule has 2 heterocycles. The molecule has 2 saturated heterocycles. The van der Waals surface area contributed by atoms with E-state index in [4.69, 9.17) is 4.74 Å². The van der Waals surface area contributed by atoms with Crippen LogP contribution in [0.2, 0.25) is 0 Å². The number of carbonyl (C=O) groups is 2. The second kappa shape index (κ2) is 7.01. The van der Waals surface area contributed by atoms with Crippen LogP contribution in [0.1, 0.15) is 5.56 Å². The number of para-hydroxylation sites is 1. The van der Waals surface area contributed by atoms with Crippen LogP contribution in [0.25, 0.3) is 0 Å². The van der Waals surface area contributed by atoms with Crippen LogP contribution in [0.15, 0.2) is 24.3 Å². The number of amides is 1. The zero-order valence-corrected chi connectivity index (χ0v) is 14.7. The van der Waals surface area contributed by atoms with Crippen molar-refractivity contribution in [3.05, 3.63) is 29.8 Å². The summed E-state index contributed by atoms with van der Waals surface area (Å²) in [5.41, 5.74) is 0.0137. The van der Waals surface area contributed by atoms with Gasteiger partial charge < -0.3 is 20.1 Å². The summed E-state index contributed by atoms with van der Waals surface area (Å²) in [6.45, 7) is 3.04. The van der Waals surface area contributed by atoms with Crippen molar-refractivity contribution in [2.75, 3.05) is 46.9 Å². The van der Waals surface area contributed by atoms with Crippen molar-refractivity contribution in [2.24, 2.45) is 11.3 Å². The quantitative estimate of drug-likeness (QED) is 0.736. The Bertz CT molecular complexity index is 663. The second-order valence-corrected chi connectivity index (χ2v) is 7.16. The number of benzene rings is 1. The number of carbonyl (C=O) groups excluding carboxylic acids is 1. The van der Waals surface area contributed by atoms with Gasteiger partial charge in [-0.1, -0.05) is 18.2 Å². The Hall–Kier alpha value is -2.12. The lowest BCUT2D eigenvalue weighted by atomic mass is 9.81. The summed E-state index contributed by atoms with van der Waals surface area (Å²) in [6, 6.07) is 7.80. The summed E-state index contributed by atoms with van der Waals surface area (Å²) in [7, 11) is 3.99. The van der Waals surface area contributed by atoms with Crippen LogP contribution in [0.5, 0.6) is 5.75 Å². The van der Waals surface area contributed by atoms with Crippen molar-refractivity contribution in [2.45, 2.75) is 6.54 Å². The van der Waals surface area contributed by atoms with Crippen molar-refractivity contribution in [3.8, 4) is 5.75 Å². The molecule has 7 heteroatoms. The Morgan fingerprint density at radius 3 is 2.88 bits per heavy atom. The number of likely N-dealkylation sites (N-methyl/N-ethyl adjacent to an activating group) is 1. The van der Waals surface area contributed by atoms with Crippen LogP contribution in [-0.2, 0) is 16.1 Å². The maximum absolute atomic E-state index is 12.0. The van der Waals surface area contributed by atoms with Gasteiger partial charge in [-0.2, -0.15) is 0 Å². The molecule has 0 aliphatic carbocycles. The van der Waals surface area contributed by atoms with Crippen molar-refractivity contribution in [1.82, 2.24) is 15.1 Å². The van der Waals surface area contributed by atoms with Gasteiger partial charge in [0.25, 0.3) is 0 Å². The molecule has 1 aromatic carbocycles. The summed E-state index contributed by atoms with van der Waals surface area (Å²) >= 11 is 0. The average Bonchev–Trinajstić information content (AvgIpc) is 3.07. The Morgan fingerprint density at radius 2 is 2.20 bits per heavy atom. The lowest BCUT2D eigenvalue weighted by molar-refractivity contribution is -0.149. The average molecular weight is 347 g/mol. The molecule has 25 heavy (non-hydrogen) atoms. The standard InChI is InChI=1S/C18H25N3O4/c1-20(2)7-8-25-15-6-4-3-5-13(15)9-21-10-14-16(22)19-11-18(14,12-21)17(23)24/h3-6,14H,7-12H2,1-2H3,(H,19,22)(H,23,24)/t14-,18+/m0/s1. The molecule has 0 aromatic heterocycles. The third kappa shape index (κ3) is 3.48. The molecule has 0 saturated carbocycles. The van der Waals surface area contributed by atoms with Gasteiger partial charge in [0, 0.05) is 38.3 Å². The smallest absolute Gasteiger partial charge is 0.313 e. The highest BCUT2D eigenvalue weighted by molar-refractivity contribution is 5.92. The van der Waals surface area contributed by atoms with E-state index in [2.05, 4.69) is 10.2 Å². The Labute approximate surface area is 147 Å². The van der Waals surface area contributed by atoms with Crippen molar-refractivity contribution in [3.63, 3.8) is 0 Å². The van der Waals surface area contributed by atoms with Gasteiger partial charge in [-0.05, 0) is 20.2 Å². The number of hydrogen-bond acceptors (Lipinski definition) is 5. The molecule has 1 amide bonds. The van der Waals surface area contributed by atoms with Crippen LogP contribution < -0.4 is 10.1 Å². The molecule has 136 valence electrons. The largest absolute Gasteiger partial charge is 0.492 e. The normalized spacial score (nSPS) is 25.9. The van der Waals surface area contributed by atoms with Gasteiger partial charge >= 0.3 is 5.97 Å². The van der Waals surface area contributed by atoms with Crippen LogP contribution >= 0.6 is 0 Å². The van der Waals surface area contributed by atoms with E-state index < -0.39 is 17.3 Å². The number of hydrogen-bond donors (Lipinski definition) is 2. The molecule has 2 aliphatic heterocycles. The maximum atomic E-state index is 12.0. The maximum Gasteiger partial charge on any atom is 0.313 e. The number of rotatable bonds is 7. The Kier molecular flexibility index (Phi) is 4.96. The van der Waals surface area contributed by atoms with E-state index in [1.165, 1.54) is 0 Å². The first kappa shape index (κ1) is 17.7. The molecule has 0 unspecified atom stereocenters. The number of nitrogens with one attached hydrogen (secondary N) is 1. The fourth-order valence-corrected chi connectivity index (χ4v) is 3.65. The fraction of sp³-hybridized carbons (Fsp3) is 0.556. The van der Waals surface area contributed by atoms with Crippen molar-refractivity contribution < 1.29 is 19.4 Å². The number of nitrogens with zero attached hydrogens (tertiary/aromatic N) is 2. The lowest BCUT2D eigenvalue weighted by Crippen LogP contribution is -2.40. The number of likely N-dealkylation sites (tertiary alicyclic amines) is 1. The van der Waals surface area contributed by atoms with Crippen LogP contribution in [-0.4, -0.2) is 73.7 Å². The van der Waals surface area contributed by atoms with Gasteiger partial charge in [-0.3, -0.25) is 14.5 Å². The second-order valence-electron chi connectivity index (χ2n) is 7.16. The summed E-state index contributed by atoms with van der Waals surface area (Å²) in [4.78, 5) is 27.9. The fourth-order valence-electron chi connectivity index (χ4n) is 3.65. The number of aliphatic carboxylic acids is 1. The van der Waals surface area contributed by atoms with Crippen LogP contribution in [0.4, 0.5) is 0 Å². The SMILES string of the molecule is CN(C)CCOc1ccccc1CN1C[C@H]2C(=O)NC[C@@]2(C(=O)O)C1. The summed E-state index contributed by atoms with van der Waals surface area (Å²) in [6.07, 6.45) is 0. The van der Waals surface area contributed by atoms with Gasteiger partial charge in [-0.15, -0.1) is 0 Å². The molecule has 2 atom stereocenters. The van der Waals surface area contributed by atoms with E-state index in [0.717, 1.165) is 17.9 Å². The first-order valence-electron chi connectivity index (χ1n) is 8.51. The van der Waals surface area contributed by atoms with Crippen molar-refractivity contribution >= 4 is 11.9 Å². The monoisotopic (exact) mass is 347 g/mol. The van der Waals surface area contributed by atoms with Crippen molar-refractivity contribution in [1.29, 1.82) is 0 Å². The van der Waals surface area contributed by atoms with E-state index in [1.807, 2.05) is 43.3 Å². The third-order valence-electron chi connectivity index (χ3n) is 5.10. The summed E-state index contributed by atoms with van der Waals surface area (Å²) in [5, 5.41) is 12.4. The first-order chi connectivity index (χ1) is 11.9. The molecule has 0 radical (unpaired) electrons. The van der Waals surface area contributed by atoms with E-state index >= 15 is 0 Å². The first-order valence-corrected chi connectivity index (χ1v) is 8.51. The van der Waals surface area contributed by atoms with E-state index in [1.54, 1.807) is 0 Å². The zero-order valence-electron chi connectivity index (χ0n) is 14.7. The highest BCUT2D eigenvalue weighted by Gasteiger charge is 2.59. The predicted molar refractivity (Wildman–Crippen MR) is 92.3 cm³/mol. The molecular formula is C18H25N3O4. The Morgan fingerprint density at radius 1 is 1.44 bits per heavy atom. The summed E-state index contributed by atoms with van der Waals surface area (Å²) < 4.78 is 5.88. The Balaban J connectivity index is 1.70. The molecule has 2 N–H and O–H groups in total. The van der Waals surface area contributed by atoms with E-state index in [-0.39, 0.29) is 12.5 Å². The molecular weight excluding hydrogens is 322 g/mol. The molecule has 3 rings (SSSR count). The minimum absolute atomic E-state index is 0.152. The zero-order chi connectivity index (χ0) is 18.0. The van der Waals surface area contributed by atoms with Crippen LogP contribution in [0, 0.1) is 11.3 Å². The number of carboxylic acid groups (broad SMARTS) is 1. The van der Waals surface area contributed by atoms with Gasteiger partial charge in [0.2, 0.25) is 5.91 Å².